The van der Waals surface area contributed by atoms with Gasteiger partial charge in [0.1, 0.15) is 11.5 Å². The van der Waals surface area contributed by atoms with Crippen LogP contribution in [-0.2, 0) is 9.59 Å². The molecule has 1 aliphatic carbocycles. The van der Waals surface area contributed by atoms with Gasteiger partial charge in [-0.05, 0) is 61.6 Å². The van der Waals surface area contributed by atoms with E-state index < -0.39 is 0 Å². The number of nitrogens with zero attached hydrogens (tertiary/aromatic N) is 1. The third kappa shape index (κ3) is 4.35. The molecule has 0 aromatic heterocycles. The lowest BCUT2D eigenvalue weighted by molar-refractivity contribution is -0.135. The number of likely N-dealkylation sites (tertiary alicyclic amines) is 1. The molecule has 5 heteroatoms. The molecule has 0 spiro atoms. The lowest BCUT2D eigenvalue weighted by atomic mass is 9.99. The zero-order chi connectivity index (χ0) is 19.5. The molecule has 2 aromatic carbocycles. The molecule has 2 unspecified atom stereocenters. The first-order valence-electron chi connectivity index (χ1n) is 10.0. The average Bonchev–Trinajstić information content (AvgIpc) is 3.51. The smallest absolute Gasteiger partial charge is 0.228 e. The number of amides is 2. The number of benzene rings is 2. The van der Waals surface area contributed by atoms with E-state index in [2.05, 4.69) is 12.2 Å². The van der Waals surface area contributed by atoms with Gasteiger partial charge < -0.3 is 15.0 Å². The molecule has 1 heterocycles. The second-order valence-corrected chi connectivity index (χ2v) is 7.89. The number of hydrogen-bond acceptors (Lipinski definition) is 3. The zero-order valence-corrected chi connectivity index (χ0v) is 16.1. The van der Waals surface area contributed by atoms with E-state index >= 15 is 0 Å². The average molecular weight is 378 g/mol. The van der Waals surface area contributed by atoms with Gasteiger partial charge in [0.2, 0.25) is 11.8 Å². The van der Waals surface area contributed by atoms with Crippen molar-refractivity contribution in [3.8, 4) is 11.5 Å². The standard InChI is InChI=1S/C23H26N2O3/c1-16-11-13-25(14-12-16)23(27)21-15-20(21)22(26)24-17-7-9-19(10-8-17)28-18-5-3-2-4-6-18/h2-10,16,20-21H,11-15H2,1H3,(H,24,26). The lowest BCUT2D eigenvalue weighted by Crippen LogP contribution is -2.39. The van der Waals surface area contributed by atoms with Crippen LogP contribution in [0.1, 0.15) is 26.2 Å². The van der Waals surface area contributed by atoms with Crippen molar-refractivity contribution < 1.29 is 14.3 Å². The van der Waals surface area contributed by atoms with E-state index in [1.807, 2.05) is 59.5 Å². The number of hydrogen-bond donors (Lipinski definition) is 1. The first kappa shape index (κ1) is 18.5. The van der Waals surface area contributed by atoms with Crippen LogP contribution in [0.15, 0.2) is 54.6 Å². The number of para-hydroxylation sites is 1. The van der Waals surface area contributed by atoms with Crippen LogP contribution in [0.4, 0.5) is 5.69 Å². The second kappa shape index (κ2) is 8.05. The largest absolute Gasteiger partial charge is 0.457 e. The highest BCUT2D eigenvalue weighted by atomic mass is 16.5. The molecule has 146 valence electrons. The van der Waals surface area contributed by atoms with Gasteiger partial charge in [0.15, 0.2) is 0 Å². The summed E-state index contributed by atoms with van der Waals surface area (Å²) in [5.74, 6) is 1.91. The van der Waals surface area contributed by atoms with Crippen LogP contribution in [0.2, 0.25) is 0 Å². The summed E-state index contributed by atoms with van der Waals surface area (Å²) in [5.41, 5.74) is 0.718. The van der Waals surface area contributed by atoms with Gasteiger partial charge in [-0.25, -0.2) is 0 Å². The minimum atomic E-state index is -0.202. The topological polar surface area (TPSA) is 58.6 Å². The lowest BCUT2D eigenvalue weighted by Gasteiger charge is -2.30. The van der Waals surface area contributed by atoms with E-state index in [1.54, 1.807) is 0 Å². The number of anilines is 1. The maximum Gasteiger partial charge on any atom is 0.228 e. The summed E-state index contributed by atoms with van der Waals surface area (Å²) in [4.78, 5) is 27.0. The Bertz CT molecular complexity index is 827. The maximum atomic E-state index is 12.6. The van der Waals surface area contributed by atoms with E-state index in [0.717, 1.165) is 37.4 Å². The fourth-order valence-electron chi connectivity index (χ4n) is 3.69. The quantitative estimate of drug-likeness (QED) is 0.843. The molecule has 2 fully saturated rings. The van der Waals surface area contributed by atoms with Crippen molar-refractivity contribution in [1.29, 1.82) is 0 Å². The van der Waals surface area contributed by atoms with E-state index in [9.17, 15) is 9.59 Å². The summed E-state index contributed by atoms with van der Waals surface area (Å²) in [6.45, 7) is 3.88. The Balaban J connectivity index is 1.28. The summed E-state index contributed by atoms with van der Waals surface area (Å²) in [7, 11) is 0. The third-order valence-electron chi connectivity index (χ3n) is 5.64. The summed E-state index contributed by atoms with van der Waals surface area (Å²) >= 11 is 0. The molecule has 28 heavy (non-hydrogen) atoms. The van der Waals surface area contributed by atoms with Gasteiger partial charge in [-0.2, -0.15) is 0 Å². The van der Waals surface area contributed by atoms with Crippen molar-refractivity contribution in [2.75, 3.05) is 18.4 Å². The SMILES string of the molecule is CC1CCN(C(=O)C2CC2C(=O)Nc2ccc(Oc3ccccc3)cc2)CC1. The number of rotatable bonds is 5. The van der Waals surface area contributed by atoms with Gasteiger partial charge in [0, 0.05) is 18.8 Å². The molecule has 2 atom stereocenters. The van der Waals surface area contributed by atoms with Crippen molar-refractivity contribution in [3.05, 3.63) is 54.6 Å². The number of carbonyl (C=O) groups excluding carboxylic acids is 2. The van der Waals surface area contributed by atoms with Gasteiger partial charge in [-0.3, -0.25) is 9.59 Å². The predicted molar refractivity (Wildman–Crippen MR) is 108 cm³/mol. The van der Waals surface area contributed by atoms with Crippen LogP contribution in [0.3, 0.4) is 0 Å². The van der Waals surface area contributed by atoms with E-state index in [0.29, 0.717) is 18.1 Å². The summed E-state index contributed by atoms with van der Waals surface area (Å²) in [6.07, 6.45) is 2.78. The minimum Gasteiger partial charge on any atom is -0.457 e. The van der Waals surface area contributed by atoms with Crippen molar-refractivity contribution in [3.63, 3.8) is 0 Å². The molecule has 0 bridgehead atoms. The number of ether oxygens (including phenoxy) is 1. The van der Waals surface area contributed by atoms with E-state index in [1.165, 1.54) is 0 Å². The third-order valence-corrected chi connectivity index (χ3v) is 5.64. The van der Waals surface area contributed by atoms with Gasteiger partial charge in [0.25, 0.3) is 0 Å². The Kier molecular flexibility index (Phi) is 5.33. The number of carbonyl (C=O) groups is 2. The van der Waals surface area contributed by atoms with Crippen molar-refractivity contribution in [2.24, 2.45) is 17.8 Å². The Labute approximate surface area is 165 Å². The van der Waals surface area contributed by atoms with E-state index in [-0.39, 0.29) is 23.7 Å². The van der Waals surface area contributed by atoms with Gasteiger partial charge in [-0.1, -0.05) is 25.1 Å². The second-order valence-electron chi connectivity index (χ2n) is 7.89. The molecular formula is C23H26N2O3. The fourth-order valence-corrected chi connectivity index (χ4v) is 3.69. The Morgan fingerprint density at radius 1 is 0.929 bits per heavy atom. The first-order chi connectivity index (χ1) is 13.6. The molecule has 2 amide bonds. The molecule has 2 aromatic rings. The Morgan fingerprint density at radius 3 is 2.25 bits per heavy atom. The summed E-state index contributed by atoms with van der Waals surface area (Å²) in [5, 5.41) is 2.92. The monoisotopic (exact) mass is 378 g/mol. The highest BCUT2D eigenvalue weighted by molar-refractivity contribution is 5.99. The predicted octanol–water partition coefficient (Wildman–Crippen LogP) is 4.31. The van der Waals surface area contributed by atoms with Crippen LogP contribution in [0, 0.1) is 17.8 Å². The van der Waals surface area contributed by atoms with Gasteiger partial charge in [0.05, 0.1) is 11.8 Å². The van der Waals surface area contributed by atoms with Crippen molar-refractivity contribution in [2.45, 2.75) is 26.2 Å². The fraction of sp³-hybridized carbons (Fsp3) is 0.391. The Hall–Kier alpha value is -2.82. The van der Waals surface area contributed by atoms with Crippen molar-refractivity contribution >= 4 is 17.5 Å². The maximum absolute atomic E-state index is 12.6. The van der Waals surface area contributed by atoms with E-state index in [4.69, 9.17) is 4.74 Å². The molecule has 4 rings (SSSR count). The van der Waals surface area contributed by atoms with Crippen LogP contribution in [0.25, 0.3) is 0 Å². The molecule has 1 aliphatic heterocycles. The minimum absolute atomic E-state index is 0.0690. The Morgan fingerprint density at radius 2 is 1.57 bits per heavy atom. The normalized spacial score (nSPS) is 21.8. The molecule has 1 saturated heterocycles. The highest BCUT2D eigenvalue weighted by Gasteiger charge is 2.49. The molecule has 1 N–H and O–H groups in total. The van der Waals surface area contributed by atoms with Crippen LogP contribution in [0.5, 0.6) is 11.5 Å². The molecule has 1 saturated carbocycles. The molecule has 0 radical (unpaired) electrons. The first-order valence-corrected chi connectivity index (χ1v) is 10.0. The molecule has 2 aliphatic rings. The summed E-state index contributed by atoms with van der Waals surface area (Å²) < 4.78 is 5.76. The number of piperidine rings is 1. The number of nitrogens with one attached hydrogen (secondary N) is 1. The molecule has 5 nitrogen and oxygen atoms in total. The van der Waals surface area contributed by atoms with Crippen molar-refractivity contribution in [1.82, 2.24) is 4.90 Å². The molecular weight excluding hydrogens is 352 g/mol. The van der Waals surface area contributed by atoms with Gasteiger partial charge >= 0.3 is 0 Å². The van der Waals surface area contributed by atoms with Gasteiger partial charge in [-0.15, -0.1) is 0 Å². The highest BCUT2D eigenvalue weighted by Crippen LogP contribution is 2.41. The summed E-state index contributed by atoms with van der Waals surface area (Å²) in [6, 6.07) is 16.9. The van der Waals surface area contributed by atoms with Crippen LogP contribution < -0.4 is 10.1 Å². The zero-order valence-electron chi connectivity index (χ0n) is 16.1. The van der Waals surface area contributed by atoms with Crippen LogP contribution >= 0.6 is 0 Å². The van der Waals surface area contributed by atoms with Crippen LogP contribution in [-0.4, -0.2) is 29.8 Å².